The van der Waals surface area contributed by atoms with E-state index in [0.717, 1.165) is 18.4 Å². The molecule has 172 valence electrons. The smallest absolute Gasteiger partial charge is 0.243 e. The highest BCUT2D eigenvalue weighted by molar-refractivity contribution is 5.92. The quantitative estimate of drug-likeness (QED) is 0.173. The van der Waals surface area contributed by atoms with Crippen molar-refractivity contribution in [1.82, 2.24) is 21.3 Å². The van der Waals surface area contributed by atoms with Crippen molar-refractivity contribution in [2.75, 3.05) is 26.2 Å². The monoisotopic (exact) mass is 436 g/mol. The van der Waals surface area contributed by atoms with Gasteiger partial charge in [0.25, 0.3) is 0 Å². The zero-order valence-electron chi connectivity index (χ0n) is 17.6. The summed E-state index contributed by atoms with van der Waals surface area (Å²) >= 11 is 0. The molecule has 5 amide bonds. The molecule has 0 radical (unpaired) electrons. The Morgan fingerprint density at radius 1 is 0.935 bits per heavy atom. The van der Waals surface area contributed by atoms with E-state index in [4.69, 9.17) is 11.5 Å². The summed E-state index contributed by atoms with van der Waals surface area (Å²) in [6.45, 7) is -0.437. The van der Waals surface area contributed by atoms with Gasteiger partial charge in [0.05, 0.1) is 19.6 Å². The van der Waals surface area contributed by atoms with Gasteiger partial charge in [0, 0.05) is 19.4 Å². The highest BCUT2D eigenvalue weighted by Gasteiger charge is 2.22. The fraction of sp³-hybridized carbons (Fsp3) is 0.550. The van der Waals surface area contributed by atoms with Gasteiger partial charge in [-0.05, 0) is 31.3 Å². The standard InChI is InChI=1S/C20H32N6O5/c21-11-17(28)24-13-19(30)26-15(10-14-6-2-1-3-7-14)20(31)25-12-18(29)23-9-5-4-8-16(22)27/h2,6-7,15H,1,3-5,8-13,21H2,(H2,22,27)(H,23,29)(H,24,28)(H,25,31)(H,26,30)/t15-/m0/s1. The molecule has 1 atom stereocenters. The number of amides is 5. The third-order valence-electron chi connectivity index (χ3n) is 4.39. The van der Waals surface area contributed by atoms with E-state index in [2.05, 4.69) is 21.3 Å². The Labute approximate surface area is 181 Å². The molecule has 0 aromatic rings. The molecule has 1 rings (SSSR count). The van der Waals surface area contributed by atoms with E-state index in [0.29, 0.717) is 19.4 Å². The van der Waals surface area contributed by atoms with Crippen molar-refractivity contribution >= 4 is 29.5 Å². The van der Waals surface area contributed by atoms with Gasteiger partial charge in [-0.25, -0.2) is 0 Å². The molecule has 0 aromatic heterocycles. The Bertz CT molecular complexity index is 719. The zero-order valence-corrected chi connectivity index (χ0v) is 17.6. The number of carbonyl (C=O) groups excluding carboxylic acids is 5. The van der Waals surface area contributed by atoms with E-state index in [-0.39, 0.29) is 38.4 Å². The number of hydrogen-bond acceptors (Lipinski definition) is 6. The topological polar surface area (TPSA) is 186 Å². The summed E-state index contributed by atoms with van der Waals surface area (Å²) in [5.74, 6) is -2.31. The minimum absolute atomic E-state index is 0.244. The molecular formula is C20H32N6O5. The van der Waals surface area contributed by atoms with Crippen molar-refractivity contribution in [2.45, 2.75) is 44.6 Å². The van der Waals surface area contributed by atoms with Gasteiger partial charge in [-0.15, -0.1) is 0 Å². The molecule has 1 aliphatic rings. The molecule has 0 spiro atoms. The highest BCUT2D eigenvalue weighted by atomic mass is 16.2. The SMILES string of the molecule is NCC(=O)NCC(=O)N[C@@H](CC1=CCCC=C1)C(=O)NCC(=O)NCCCCC(N)=O. The lowest BCUT2D eigenvalue weighted by Gasteiger charge is -2.20. The number of rotatable bonds is 14. The number of primary amides is 1. The molecule has 1 aliphatic carbocycles. The summed E-state index contributed by atoms with van der Waals surface area (Å²) in [6.07, 6.45) is 9.30. The van der Waals surface area contributed by atoms with Gasteiger partial charge in [-0.1, -0.05) is 18.2 Å². The second kappa shape index (κ2) is 14.7. The normalized spacial score (nSPS) is 13.5. The van der Waals surface area contributed by atoms with Crippen molar-refractivity contribution in [3.05, 3.63) is 23.8 Å². The number of carbonyl (C=O) groups is 5. The van der Waals surface area contributed by atoms with Crippen LogP contribution in [0.3, 0.4) is 0 Å². The first-order valence-electron chi connectivity index (χ1n) is 10.3. The number of nitrogens with two attached hydrogens (primary N) is 2. The Kier molecular flexibility index (Phi) is 12.3. The maximum atomic E-state index is 12.6. The fourth-order valence-corrected chi connectivity index (χ4v) is 2.77. The summed E-state index contributed by atoms with van der Waals surface area (Å²) in [5, 5.41) is 10.1. The summed E-state index contributed by atoms with van der Waals surface area (Å²) in [6, 6.07) is -0.903. The highest BCUT2D eigenvalue weighted by Crippen LogP contribution is 2.15. The van der Waals surface area contributed by atoms with E-state index in [1.54, 1.807) is 0 Å². The van der Waals surface area contributed by atoms with Crippen molar-refractivity contribution in [2.24, 2.45) is 11.5 Å². The van der Waals surface area contributed by atoms with Crippen molar-refractivity contribution in [3.63, 3.8) is 0 Å². The van der Waals surface area contributed by atoms with Crippen LogP contribution >= 0.6 is 0 Å². The molecule has 31 heavy (non-hydrogen) atoms. The van der Waals surface area contributed by atoms with Crippen LogP contribution in [0.15, 0.2) is 23.8 Å². The number of nitrogens with one attached hydrogen (secondary N) is 4. The van der Waals surface area contributed by atoms with Gasteiger partial charge in [-0.2, -0.15) is 0 Å². The molecule has 0 aliphatic heterocycles. The minimum Gasteiger partial charge on any atom is -0.370 e. The number of unbranched alkanes of at least 4 members (excludes halogenated alkanes) is 1. The van der Waals surface area contributed by atoms with E-state index < -0.39 is 29.7 Å². The Morgan fingerprint density at radius 3 is 2.32 bits per heavy atom. The molecule has 8 N–H and O–H groups in total. The summed E-state index contributed by atoms with van der Waals surface area (Å²) in [4.78, 5) is 58.5. The fourth-order valence-electron chi connectivity index (χ4n) is 2.77. The lowest BCUT2D eigenvalue weighted by Crippen LogP contribution is -2.51. The molecule has 0 saturated heterocycles. The van der Waals surface area contributed by atoms with Crippen LogP contribution in [-0.2, 0) is 24.0 Å². The van der Waals surface area contributed by atoms with Crippen LogP contribution in [0.2, 0.25) is 0 Å². The van der Waals surface area contributed by atoms with Gasteiger partial charge in [-0.3, -0.25) is 24.0 Å². The van der Waals surface area contributed by atoms with Crippen molar-refractivity contribution < 1.29 is 24.0 Å². The van der Waals surface area contributed by atoms with Gasteiger partial charge < -0.3 is 32.7 Å². The maximum absolute atomic E-state index is 12.6. The molecule has 0 unspecified atom stereocenters. The van der Waals surface area contributed by atoms with Crippen LogP contribution in [0.4, 0.5) is 0 Å². The summed E-state index contributed by atoms with van der Waals surface area (Å²) in [7, 11) is 0. The van der Waals surface area contributed by atoms with Gasteiger partial charge in [0.1, 0.15) is 6.04 Å². The zero-order chi connectivity index (χ0) is 23.1. The maximum Gasteiger partial charge on any atom is 0.243 e. The average molecular weight is 437 g/mol. The van der Waals surface area contributed by atoms with Crippen molar-refractivity contribution in [1.29, 1.82) is 0 Å². The molecular weight excluding hydrogens is 404 g/mol. The first-order chi connectivity index (χ1) is 14.8. The molecule has 11 nitrogen and oxygen atoms in total. The minimum atomic E-state index is -0.903. The first-order valence-corrected chi connectivity index (χ1v) is 10.3. The molecule has 0 aromatic carbocycles. The van der Waals surface area contributed by atoms with E-state index >= 15 is 0 Å². The second-order valence-corrected chi connectivity index (χ2v) is 7.06. The summed E-state index contributed by atoms with van der Waals surface area (Å²) < 4.78 is 0. The lowest BCUT2D eigenvalue weighted by atomic mass is 9.99. The van der Waals surface area contributed by atoms with Crippen LogP contribution in [0.1, 0.15) is 38.5 Å². The predicted molar refractivity (Wildman–Crippen MR) is 114 cm³/mol. The molecule has 0 saturated carbocycles. The average Bonchev–Trinajstić information content (AvgIpc) is 2.75. The van der Waals surface area contributed by atoms with Crippen molar-refractivity contribution in [3.8, 4) is 0 Å². The molecule has 0 bridgehead atoms. The summed E-state index contributed by atoms with van der Waals surface area (Å²) in [5.41, 5.74) is 11.1. The Balaban J connectivity index is 2.52. The molecule has 0 heterocycles. The third-order valence-corrected chi connectivity index (χ3v) is 4.39. The van der Waals surface area contributed by atoms with Crippen LogP contribution in [0.25, 0.3) is 0 Å². The predicted octanol–water partition coefficient (Wildman–Crippen LogP) is -1.90. The lowest BCUT2D eigenvalue weighted by molar-refractivity contribution is -0.130. The Morgan fingerprint density at radius 2 is 1.68 bits per heavy atom. The van der Waals surface area contributed by atoms with E-state index in [1.807, 2.05) is 18.2 Å². The van der Waals surface area contributed by atoms with Gasteiger partial charge in [0.2, 0.25) is 29.5 Å². The third kappa shape index (κ3) is 12.2. The van der Waals surface area contributed by atoms with Gasteiger partial charge >= 0.3 is 0 Å². The van der Waals surface area contributed by atoms with E-state index in [1.165, 1.54) is 0 Å². The number of hydrogen-bond donors (Lipinski definition) is 6. The second-order valence-electron chi connectivity index (χ2n) is 7.06. The first kappa shape index (κ1) is 25.8. The van der Waals surface area contributed by atoms with Crippen LogP contribution < -0.4 is 32.7 Å². The van der Waals surface area contributed by atoms with Crippen LogP contribution in [0, 0.1) is 0 Å². The van der Waals surface area contributed by atoms with Crippen LogP contribution in [0.5, 0.6) is 0 Å². The Hall–Kier alpha value is -3.21. The van der Waals surface area contributed by atoms with Crippen LogP contribution in [-0.4, -0.2) is 61.8 Å². The number of allylic oxidation sites excluding steroid dienone is 3. The molecule has 0 fully saturated rings. The van der Waals surface area contributed by atoms with E-state index in [9.17, 15) is 24.0 Å². The van der Waals surface area contributed by atoms with Gasteiger partial charge in [0.15, 0.2) is 0 Å². The molecule has 11 heteroatoms. The largest absolute Gasteiger partial charge is 0.370 e.